The first-order valence-corrected chi connectivity index (χ1v) is 12.7. The molecule has 1 amide bonds. The molecule has 2 aromatic carbocycles. The van der Waals surface area contributed by atoms with Crippen LogP contribution in [0.25, 0.3) is 22.5 Å². The second-order valence-corrected chi connectivity index (χ2v) is 9.30. The van der Waals surface area contributed by atoms with E-state index in [2.05, 4.69) is 69.6 Å². The number of H-pyrrole nitrogens is 1. The summed E-state index contributed by atoms with van der Waals surface area (Å²) in [6.07, 6.45) is 0.858. The van der Waals surface area contributed by atoms with Crippen molar-refractivity contribution < 1.29 is 9.53 Å². The molecule has 0 fully saturated rings. The van der Waals surface area contributed by atoms with E-state index in [0.29, 0.717) is 42.2 Å². The molecule has 2 heterocycles. The first-order valence-electron chi connectivity index (χ1n) is 12.0. The van der Waals surface area contributed by atoms with Gasteiger partial charge in [0.2, 0.25) is 5.88 Å². The van der Waals surface area contributed by atoms with E-state index in [0.717, 1.165) is 28.7 Å². The van der Waals surface area contributed by atoms with E-state index < -0.39 is 0 Å². The zero-order chi connectivity index (χ0) is 25.5. The van der Waals surface area contributed by atoms with Crippen molar-refractivity contribution in [2.24, 2.45) is 5.92 Å². The highest BCUT2D eigenvalue weighted by molar-refractivity contribution is 7.80. The monoisotopic (exact) mass is 505 g/mol. The van der Waals surface area contributed by atoms with Crippen molar-refractivity contribution in [2.45, 2.75) is 39.8 Å². The molecule has 0 aliphatic rings. The third-order valence-corrected chi connectivity index (χ3v) is 6.15. The summed E-state index contributed by atoms with van der Waals surface area (Å²) >= 11 is 4.38. The summed E-state index contributed by atoms with van der Waals surface area (Å²) in [4.78, 5) is 12.9. The van der Waals surface area contributed by atoms with Crippen LogP contribution in [0.5, 0.6) is 5.88 Å². The molecule has 4 aromatic rings. The van der Waals surface area contributed by atoms with Gasteiger partial charge in [-0.2, -0.15) is 17.7 Å². The fourth-order valence-electron chi connectivity index (χ4n) is 4.07. The van der Waals surface area contributed by atoms with Crippen molar-refractivity contribution in [2.75, 3.05) is 12.4 Å². The lowest BCUT2D eigenvalue weighted by Gasteiger charge is -2.17. The minimum Gasteiger partial charge on any atom is -0.478 e. The zero-order valence-corrected chi connectivity index (χ0v) is 21.6. The van der Waals surface area contributed by atoms with Crippen LogP contribution in [0.2, 0.25) is 0 Å². The second-order valence-electron chi connectivity index (χ2n) is 8.93. The fourth-order valence-corrected chi connectivity index (χ4v) is 4.31. The number of carbonyl (C=O) groups is 1. The van der Waals surface area contributed by atoms with Crippen LogP contribution >= 0.6 is 12.6 Å². The standard InChI is InChI=1S/C26H31N7O2S/c1-4-35-24-14-23(26(34)27-20(16-36)13-17(2)3)30-33(24)15-18-9-11-19(12-10-18)21-7-5-6-8-22(21)25-28-31-32-29-25/h5-12,14,17,20,36H,4,13,15-16H2,1-3H3,(H,27,34)(H,28,29,31,32)/t20-/m1/s1. The Balaban J connectivity index is 1.53. The van der Waals surface area contributed by atoms with Gasteiger partial charge in [0, 0.05) is 23.4 Å². The third kappa shape index (κ3) is 6.12. The highest BCUT2D eigenvalue weighted by atomic mass is 32.1. The second kappa shape index (κ2) is 11.9. The predicted molar refractivity (Wildman–Crippen MR) is 142 cm³/mol. The summed E-state index contributed by atoms with van der Waals surface area (Å²) in [6, 6.07) is 17.8. The summed E-state index contributed by atoms with van der Waals surface area (Å²) in [5.74, 6) is 1.99. The van der Waals surface area contributed by atoms with Crippen molar-refractivity contribution in [3.05, 3.63) is 65.9 Å². The van der Waals surface area contributed by atoms with Gasteiger partial charge in [-0.05, 0) is 46.4 Å². The van der Waals surface area contributed by atoms with Gasteiger partial charge in [-0.15, -0.1) is 5.10 Å². The van der Waals surface area contributed by atoms with Gasteiger partial charge in [-0.1, -0.05) is 62.4 Å². The molecule has 0 radical (unpaired) electrons. The number of hydrogen-bond acceptors (Lipinski definition) is 7. The van der Waals surface area contributed by atoms with Crippen molar-refractivity contribution in [1.82, 2.24) is 35.7 Å². The SMILES string of the molecule is CCOc1cc(C(=O)N[C@@H](CS)CC(C)C)nn1Cc1ccc(-c2ccccc2-c2nnn[nH]2)cc1. The van der Waals surface area contributed by atoms with Gasteiger partial charge < -0.3 is 10.1 Å². The number of amides is 1. The van der Waals surface area contributed by atoms with Crippen LogP contribution in [0.1, 0.15) is 43.2 Å². The Labute approximate surface area is 216 Å². The molecule has 4 rings (SSSR count). The normalized spacial score (nSPS) is 12.0. The Morgan fingerprint density at radius 3 is 2.53 bits per heavy atom. The van der Waals surface area contributed by atoms with E-state index in [1.165, 1.54) is 0 Å². The molecule has 0 bridgehead atoms. The van der Waals surface area contributed by atoms with Gasteiger partial charge in [0.25, 0.3) is 5.91 Å². The van der Waals surface area contributed by atoms with Crippen LogP contribution in [0.15, 0.2) is 54.6 Å². The van der Waals surface area contributed by atoms with E-state index in [1.807, 2.05) is 43.3 Å². The van der Waals surface area contributed by atoms with Gasteiger partial charge >= 0.3 is 0 Å². The number of tetrazole rings is 1. The maximum absolute atomic E-state index is 12.9. The molecule has 36 heavy (non-hydrogen) atoms. The number of benzene rings is 2. The zero-order valence-electron chi connectivity index (χ0n) is 20.7. The summed E-state index contributed by atoms with van der Waals surface area (Å²) < 4.78 is 7.49. The minimum atomic E-state index is -0.219. The average Bonchev–Trinajstić information content (AvgIpc) is 3.55. The number of carbonyl (C=O) groups excluding carboxylic acids is 1. The van der Waals surface area contributed by atoms with Gasteiger partial charge in [0.15, 0.2) is 11.5 Å². The van der Waals surface area contributed by atoms with Crippen LogP contribution in [-0.2, 0) is 6.54 Å². The molecule has 0 aliphatic heterocycles. The fraction of sp³-hybridized carbons (Fsp3) is 0.346. The Kier molecular flexibility index (Phi) is 8.37. The van der Waals surface area contributed by atoms with Crippen molar-refractivity contribution in [3.63, 3.8) is 0 Å². The van der Waals surface area contributed by atoms with Crippen LogP contribution in [0.4, 0.5) is 0 Å². The van der Waals surface area contributed by atoms with Gasteiger partial charge in [0.1, 0.15) is 0 Å². The average molecular weight is 506 g/mol. The van der Waals surface area contributed by atoms with Crippen molar-refractivity contribution in [3.8, 4) is 28.4 Å². The molecular formula is C26H31N7O2S. The number of hydrogen-bond donors (Lipinski definition) is 3. The number of ether oxygens (including phenoxy) is 1. The maximum Gasteiger partial charge on any atom is 0.272 e. The molecule has 2 N–H and O–H groups in total. The van der Waals surface area contributed by atoms with E-state index in [1.54, 1.807) is 10.7 Å². The third-order valence-electron chi connectivity index (χ3n) is 5.70. The molecule has 0 spiro atoms. The highest BCUT2D eigenvalue weighted by Crippen LogP contribution is 2.30. The largest absolute Gasteiger partial charge is 0.478 e. The lowest BCUT2D eigenvalue weighted by Crippen LogP contribution is -2.37. The van der Waals surface area contributed by atoms with E-state index in [9.17, 15) is 4.79 Å². The summed E-state index contributed by atoms with van der Waals surface area (Å²) in [5, 5.41) is 21.8. The van der Waals surface area contributed by atoms with Crippen LogP contribution in [-0.4, -0.2) is 54.7 Å². The van der Waals surface area contributed by atoms with E-state index in [4.69, 9.17) is 4.74 Å². The smallest absolute Gasteiger partial charge is 0.272 e. The first kappa shape index (κ1) is 25.4. The quantitative estimate of drug-likeness (QED) is 0.263. The number of aromatic amines is 1. The Bertz CT molecular complexity index is 1270. The Morgan fingerprint density at radius 1 is 1.14 bits per heavy atom. The molecule has 2 aromatic heterocycles. The minimum absolute atomic E-state index is 0.00955. The summed E-state index contributed by atoms with van der Waals surface area (Å²) in [7, 11) is 0. The summed E-state index contributed by atoms with van der Waals surface area (Å²) in [5.41, 5.74) is 4.35. The number of nitrogens with one attached hydrogen (secondary N) is 2. The van der Waals surface area contributed by atoms with Crippen LogP contribution in [0, 0.1) is 5.92 Å². The molecule has 10 heteroatoms. The van der Waals surface area contributed by atoms with Crippen LogP contribution < -0.4 is 10.1 Å². The van der Waals surface area contributed by atoms with Crippen LogP contribution in [0.3, 0.4) is 0 Å². The van der Waals surface area contributed by atoms with Gasteiger partial charge in [-0.25, -0.2) is 9.78 Å². The molecular weight excluding hydrogens is 474 g/mol. The molecule has 0 saturated carbocycles. The first-order chi connectivity index (χ1) is 17.5. The number of aromatic nitrogens is 6. The summed E-state index contributed by atoms with van der Waals surface area (Å²) in [6.45, 7) is 7.11. The molecule has 9 nitrogen and oxygen atoms in total. The van der Waals surface area contributed by atoms with Crippen molar-refractivity contribution in [1.29, 1.82) is 0 Å². The Hall–Kier alpha value is -3.66. The predicted octanol–water partition coefficient (Wildman–Crippen LogP) is 4.25. The number of nitrogens with zero attached hydrogens (tertiary/aromatic N) is 5. The van der Waals surface area contributed by atoms with E-state index in [-0.39, 0.29) is 11.9 Å². The lowest BCUT2D eigenvalue weighted by molar-refractivity contribution is 0.0931. The number of rotatable bonds is 11. The molecule has 188 valence electrons. The molecule has 0 saturated heterocycles. The van der Waals surface area contributed by atoms with Crippen molar-refractivity contribution >= 4 is 18.5 Å². The maximum atomic E-state index is 12.9. The topological polar surface area (TPSA) is 111 Å². The van der Waals surface area contributed by atoms with Gasteiger partial charge in [0.05, 0.1) is 13.2 Å². The molecule has 1 atom stereocenters. The Morgan fingerprint density at radius 2 is 1.89 bits per heavy atom. The molecule has 0 aliphatic carbocycles. The lowest BCUT2D eigenvalue weighted by atomic mass is 9.98. The highest BCUT2D eigenvalue weighted by Gasteiger charge is 2.19. The van der Waals surface area contributed by atoms with Gasteiger partial charge in [-0.3, -0.25) is 4.79 Å². The van der Waals surface area contributed by atoms with E-state index >= 15 is 0 Å². The molecule has 0 unspecified atom stereocenters. The number of thiol groups is 1.